The Labute approximate surface area is 118 Å². The zero-order valence-electron chi connectivity index (χ0n) is 11.8. The number of aromatic nitrogens is 1. The van der Waals surface area contributed by atoms with Gasteiger partial charge < -0.3 is 9.32 Å². The number of oxazole rings is 1. The summed E-state index contributed by atoms with van der Waals surface area (Å²) in [4.78, 5) is 14.0. The SMILES string of the molecule is Cn1c(=O)oc2cc(N3C[C@H]4CCCC[C@H]4C3)ccc21. The molecule has 0 unspecified atom stereocenters. The summed E-state index contributed by atoms with van der Waals surface area (Å²) in [6.45, 7) is 2.32. The Morgan fingerprint density at radius 2 is 1.85 bits per heavy atom. The normalized spacial score (nSPS) is 26.1. The predicted octanol–water partition coefficient (Wildman–Crippen LogP) is 2.76. The van der Waals surface area contributed by atoms with Gasteiger partial charge in [-0.15, -0.1) is 0 Å². The van der Waals surface area contributed by atoms with Crippen LogP contribution < -0.4 is 10.7 Å². The molecular weight excluding hydrogens is 252 g/mol. The Morgan fingerprint density at radius 3 is 2.55 bits per heavy atom. The van der Waals surface area contributed by atoms with Crippen LogP contribution in [0, 0.1) is 11.8 Å². The van der Waals surface area contributed by atoms with Gasteiger partial charge in [-0.05, 0) is 36.8 Å². The number of nitrogens with zero attached hydrogens (tertiary/aromatic N) is 2. The van der Waals surface area contributed by atoms with Crippen LogP contribution in [0.1, 0.15) is 25.7 Å². The summed E-state index contributed by atoms with van der Waals surface area (Å²) in [5.74, 6) is 1.44. The Balaban J connectivity index is 1.67. The van der Waals surface area contributed by atoms with Gasteiger partial charge in [0.2, 0.25) is 0 Å². The van der Waals surface area contributed by atoms with Gasteiger partial charge in [0.25, 0.3) is 0 Å². The number of aryl methyl sites for hydroxylation is 1. The van der Waals surface area contributed by atoms with Gasteiger partial charge in [-0.2, -0.15) is 0 Å². The van der Waals surface area contributed by atoms with E-state index < -0.39 is 0 Å². The minimum atomic E-state index is -0.285. The molecule has 2 fully saturated rings. The minimum absolute atomic E-state index is 0.285. The number of fused-ring (bicyclic) bond motifs is 2. The topological polar surface area (TPSA) is 38.4 Å². The standard InChI is InChI=1S/C16H20N2O2/c1-17-14-7-6-13(8-15(14)20-16(17)19)18-9-11-4-2-3-5-12(11)10-18/h6-8,11-12H,2-5,9-10H2,1H3/t11-,12+. The van der Waals surface area contributed by atoms with Crippen molar-refractivity contribution in [3.8, 4) is 0 Å². The van der Waals surface area contributed by atoms with Gasteiger partial charge in [0.1, 0.15) is 0 Å². The monoisotopic (exact) mass is 272 g/mol. The highest BCUT2D eigenvalue weighted by Gasteiger charge is 2.34. The summed E-state index contributed by atoms with van der Waals surface area (Å²) in [5.41, 5.74) is 2.77. The summed E-state index contributed by atoms with van der Waals surface area (Å²) < 4.78 is 6.86. The Bertz CT molecular complexity index is 686. The molecule has 1 aromatic carbocycles. The van der Waals surface area contributed by atoms with E-state index in [9.17, 15) is 4.79 Å². The third-order valence-electron chi connectivity index (χ3n) is 5.12. The van der Waals surface area contributed by atoms with Crippen molar-refractivity contribution in [1.29, 1.82) is 0 Å². The zero-order valence-corrected chi connectivity index (χ0v) is 11.8. The lowest BCUT2D eigenvalue weighted by Gasteiger charge is -2.22. The molecule has 1 saturated heterocycles. The first-order chi connectivity index (χ1) is 9.72. The lowest BCUT2D eigenvalue weighted by Crippen LogP contribution is -2.19. The van der Waals surface area contributed by atoms with E-state index in [1.165, 1.54) is 31.4 Å². The molecule has 4 rings (SSSR count). The Morgan fingerprint density at radius 1 is 1.15 bits per heavy atom. The van der Waals surface area contributed by atoms with E-state index in [4.69, 9.17) is 4.42 Å². The molecule has 2 aromatic rings. The third-order valence-corrected chi connectivity index (χ3v) is 5.12. The van der Waals surface area contributed by atoms with E-state index >= 15 is 0 Å². The molecule has 4 nitrogen and oxygen atoms in total. The smallest absolute Gasteiger partial charge is 0.408 e. The van der Waals surface area contributed by atoms with Gasteiger partial charge in [0, 0.05) is 31.9 Å². The van der Waals surface area contributed by atoms with Crippen molar-refractivity contribution in [3.63, 3.8) is 0 Å². The Hall–Kier alpha value is -1.71. The minimum Gasteiger partial charge on any atom is -0.408 e. The molecule has 1 aliphatic carbocycles. The van der Waals surface area contributed by atoms with E-state index in [0.29, 0.717) is 5.58 Å². The largest absolute Gasteiger partial charge is 0.419 e. The van der Waals surface area contributed by atoms with Crippen LogP contribution in [0.4, 0.5) is 5.69 Å². The molecular formula is C16H20N2O2. The van der Waals surface area contributed by atoms with Crippen molar-refractivity contribution in [1.82, 2.24) is 4.57 Å². The summed E-state index contributed by atoms with van der Waals surface area (Å²) in [6, 6.07) is 6.14. The van der Waals surface area contributed by atoms with Gasteiger partial charge in [-0.3, -0.25) is 4.57 Å². The molecule has 0 spiro atoms. The molecule has 2 heterocycles. The zero-order chi connectivity index (χ0) is 13.7. The highest BCUT2D eigenvalue weighted by molar-refractivity contribution is 5.77. The molecule has 0 N–H and O–H groups in total. The van der Waals surface area contributed by atoms with Crippen molar-refractivity contribution < 1.29 is 4.42 Å². The highest BCUT2D eigenvalue weighted by atomic mass is 16.4. The molecule has 0 radical (unpaired) electrons. The van der Waals surface area contributed by atoms with E-state index in [2.05, 4.69) is 11.0 Å². The third kappa shape index (κ3) is 1.78. The fourth-order valence-corrected chi connectivity index (χ4v) is 3.94. The van der Waals surface area contributed by atoms with Gasteiger partial charge in [-0.1, -0.05) is 12.8 Å². The molecule has 1 aromatic heterocycles. The second kappa shape index (κ2) is 4.40. The number of anilines is 1. The molecule has 2 atom stereocenters. The van der Waals surface area contributed by atoms with E-state index in [1.54, 1.807) is 11.6 Å². The first-order valence-electron chi connectivity index (χ1n) is 7.57. The summed E-state index contributed by atoms with van der Waals surface area (Å²) in [5, 5.41) is 0. The highest BCUT2D eigenvalue weighted by Crippen LogP contribution is 2.38. The van der Waals surface area contributed by atoms with Gasteiger partial charge >= 0.3 is 5.76 Å². The number of hydrogen-bond acceptors (Lipinski definition) is 3. The molecule has 2 aliphatic rings. The molecule has 1 saturated carbocycles. The molecule has 4 heteroatoms. The van der Waals surface area contributed by atoms with Crippen LogP contribution in [0.3, 0.4) is 0 Å². The fourth-order valence-electron chi connectivity index (χ4n) is 3.94. The van der Waals surface area contributed by atoms with Crippen molar-refractivity contribution in [3.05, 3.63) is 28.7 Å². The van der Waals surface area contributed by atoms with Crippen LogP contribution in [0.2, 0.25) is 0 Å². The second-order valence-corrected chi connectivity index (χ2v) is 6.29. The van der Waals surface area contributed by atoms with Crippen LogP contribution in [-0.2, 0) is 7.05 Å². The lowest BCUT2D eigenvalue weighted by atomic mass is 9.82. The first kappa shape index (κ1) is 12.1. The van der Waals surface area contributed by atoms with Crippen molar-refractivity contribution >= 4 is 16.8 Å². The maximum Gasteiger partial charge on any atom is 0.419 e. The summed E-state index contributed by atoms with van der Waals surface area (Å²) in [7, 11) is 1.75. The van der Waals surface area contributed by atoms with Crippen LogP contribution >= 0.6 is 0 Å². The molecule has 0 bridgehead atoms. The molecule has 1 aliphatic heterocycles. The Kier molecular flexibility index (Phi) is 2.65. The second-order valence-electron chi connectivity index (χ2n) is 6.29. The van der Waals surface area contributed by atoms with Crippen molar-refractivity contribution in [2.24, 2.45) is 18.9 Å². The molecule has 20 heavy (non-hydrogen) atoms. The maximum absolute atomic E-state index is 11.6. The number of benzene rings is 1. The number of hydrogen-bond donors (Lipinski definition) is 0. The van der Waals surface area contributed by atoms with Gasteiger partial charge in [-0.25, -0.2) is 4.79 Å². The average molecular weight is 272 g/mol. The van der Waals surface area contributed by atoms with Gasteiger partial charge in [0.05, 0.1) is 5.52 Å². The van der Waals surface area contributed by atoms with E-state index in [1.807, 2.05) is 12.1 Å². The van der Waals surface area contributed by atoms with Crippen LogP contribution in [0.5, 0.6) is 0 Å². The fraction of sp³-hybridized carbons (Fsp3) is 0.562. The molecule has 106 valence electrons. The van der Waals surface area contributed by atoms with Crippen molar-refractivity contribution in [2.45, 2.75) is 25.7 Å². The predicted molar refractivity (Wildman–Crippen MR) is 79.1 cm³/mol. The van der Waals surface area contributed by atoms with E-state index in [0.717, 1.165) is 30.4 Å². The first-order valence-corrected chi connectivity index (χ1v) is 7.57. The summed E-state index contributed by atoms with van der Waals surface area (Å²) in [6.07, 6.45) is 5.54. The maximum atomic E-state index is 11.6. The quantitative estimate of drug-likeness (QED) is 0.801. The summed E-state index contributed by atoms with van der Waals surface area (Å²) >= 11 is 0. The van der Waals surface area contributed by atoms with Crippen molar-refractivity contribution in [2.75, 3.05) is 18.0 Å². The number of rotatable bonds is 1. The van der Waals surface area contributed by atoms with Gasteiger partial charge in [0.15, 0.2) is 5.58 Å². The lowest BCUT2D eigenvalue weighted by molar-refractivity contribution is 0.299. The van der Waals surface area contributed by atoms with Crippen LogP contribution in [0.25, 0.3) is 11.1 Å². The average Bonchev–Trinajstić information content (AvgIpc) is 3.01. The van der Waals surface area contributed by atoms with Crippen LogP contribution in [-0.4, -0.2) is 17.7 Å². The van der Waals surface area contributed by atoms with Crippen LogP contribution in [0.15, 0.2) is 27.4 Å². The van der Waals surface area contributed by atoms with E-state index in [-0.39, 0.29) is 5.76 Å². The molecule has 0 amide bonds.